The normalized spacial score (nSPS) is 33.1. The number of nitrogens with one attached hydrogen (secondary N) is 1. The molecule has 0 radical (unpaired) electrons. The number of benzene rings is 1. The number of hydrogen-bond donors (Lipinski definition) is 1. The molecule has 1 N–H and O–H groups in total. The maximum absolute atomic E-state index is 13.1. The molecule has 3 heteroatoms. The molecule has 0 unspecified atom stereocenters. The lowest BCUT2D eigenvalue weighted by molar-refractivity contribution is -0.134. The van der Waals surface area contributed by atoms with E-state index in [4.69, 9.17) is 4.74 Å². The first-order valence-electron chi connectivity index (χ1n) is 9.57. The maximum atomic E-state index is 13.1. The van der Waals surface area contributed by atoms with Crippen molar-refractivity contribution < 1.29 is 9.53 Å². The van der Waals surface area contributed by atoms with Gasteiger partial charge in [0.05, 0.1) is 11.5 Å². The van der Waals surface area contributed by atoms with E-state index >= 15 is 0 Å². The van der Waals surface area contributed by atoms with E-state index in [1.54, 1.807) is 0 Å². The summed E-state index contributed by atoms with van der Waals surface area (Å²) >= 11 is 0. The molecule has 0 bridgehead atoms. The first-order chi connectivity index (χ1) is 11.6. The van der Waals surface area contributed by atoms with E-state index in [1.807, 2.05) is 32.0 Å². The molecule has 0 aromatic heterocycles. The molecule has 1 saturated heterocycles. The predicted molar refractivity (Wildman–Crippen MR) is 94.7 cm³/mol. The van der Waals surface area contributed by atoms with Crippen molar-refractivity contribution in [2.24, 2.45) is 17.8 Å². The monoisotopic (exact) mass is 327 g/mol. The van der Waals surface area contributed by atoms with Crippen LogP contribution in [-0.4, -0.2) is 24.7 Å². The average molecular weight is 327 g/mol. The summed E-state index contributed by atoms with van der Waals surface area (Å²) in [4.78, 5) is 13.1. The number of hydrogen-bond acceptors (Lipinski definition) is 2. The van der Waals surface area contributed by atoms with Crippen LogP contribution in [0.2, 0.25) is 0 Å². The third-order valence-corrected chi connectivity index (χ3v) is 6.74. The Balaban J connectivity index is 1.49. The molecule has 4 atom stereocenters. The second kappa shape index (κ2) is 6.18. The summed E-state index contributed by atoms with van der Waals surface area (Å²) in [5.41, 5.74) is 0.588. The standard InChI is InChI=1S/C21H29NO2/c1-21(2,15-10-4-3-5-11-15)20(23)22-18-16-12-13-24-19(16)17(18)14-8-6-7-9-14/h3-5,10-11,14,16-19H,6-9,12-13H2,1-2H3,(H,22,23)/t16-,17+,18+,19-/m0/s1. The highest BCUT2D eigenvalue weighted by atomic mass is 16.5. The number of rotatable bonds is 4. The van der Waals surface area contributed by atoms with Gasteiger partial charge in [-0.1, -0.05) is 56.0 Å². The van der Waals surface area contributed by atoms with Crippen LogP contribution in [0.3, 0.4) is 0 Å². The molecule has 24 heavy (non-hydrogen) atoms. The van der Waals surface area contributed by atoms with Gasteiger partial charge < -0.3 is 10.1 Å². The number of carbonyl (C=O) groups excluding carboxylic acids is 1. The largest absolute Gasteiger partial charge is 0.377 e. The fourth-order valence-electron chi connectivity index (χ4n) is 5.18. The van der Waals surface area contributed by atoms with E-state index in [9.17, 15) is 4.79 Å². The van der Waals surface area contributed by atoms with Crippen molar-refractivity contribution in [3.63, 3.8) is 0 Å². The SMILES string of the molecule is CC(C)(C(=O)N[C@@H]1[C@@H]2CCO[C@@H]2[C@@H]1C1CCCC1)c1ccccc1. The van der Waals surface area contributed by atoms with Crippen molar-refractivity contribution in [2.75, 3.05) is 6.61 Å². The van der Waals surface area contributed by atoms with Crippen LogP contribution < -0.4 is 5.32 Å². The van der Waals surface area contributed by atoms with E-state index < -0.39 is 5.41 Å². The lowest BCUT2D eigenvalue weighted by Crippen LogP contribution is -2.65. The smallest absolute Gasteiger partial charge is 0.230 e. The van der Waals surface area contributed by atoms with E-state index in [1.165, 1.54) is 25.7 Å². The summed E-state index contributed by atoms with van der Waals surface area (Å²) in [6, 6.07) is 10.4. The summed E-state index contributed by atoms with van der Waals surface area (Å²) in [5.74, 6) is 1.98. The van der Waals surface area contributed by atoms with Gasteiger partial charge in [-0.05, 0) is 31.7 Å². The van der Waals surface area contributed by atoms with Gasteiger partial charge in [-0.2, -0.15) is 0 Å². The van der Waals surface area contributed by atoms with E-state index in [-0.39, 0.29) is 5.91 Å². The molecule has 1 aromatic rings. The summed E-state index contributed by atoms with van der Waals surface area (Å²) < 4.78 is 6.01. The van der Waals surface area contributed by atoms with Gasteiger partial charge >= 0.3 is 0 Å². The van der Waals surface area contributed by atoms with Gasteiger partial charge in [0.15, 0.2) is 0 Å². The van der Waals surface area contributed by atoms with Crippen LogP contribution >= 0.6 is 0 Å². The lowest BCUT2D eigenvalue weighted by Gasteiger charge is -2.51. The van der Waals surface area contributed by atoms with Gasteiger partial charge in [0.2, 0.25) is 5.91 Å². The number of carbonyl (C=O) groups is 1. The molecule has 3 nitrogen and oxygen atoms in total. The molecule has 1 heterocycles. The van der Waals surface area contributed by atoms with Gasteiger partial charge in [-0.3, -0.25) is 4.79 Å². The topological polar surface area (TPSA) is 38.3 Å². The highest BCUT2D eigenvalue weighted by Gasteiger charge is 2.57. The Hall–Kier alpha value is -1.35. The Bertz CT molecular complexity index is 586. The quantitative estimate of drug-likeness (QED) is 0.916. The Labute approximate surface area is 145 Å². The van der Waals surface area contributed by atoms with Gasteiger partial charge in [-0.25, -0.2) is 0 Å². The van der Waals surface area contributed by atoms with Gasteiger partial charge in [0, 0.05) is 24.5 Å². The highest BCUT2D eigenvalue weighted by molar-refractivity contribution is 5.87. The van der Waals surface area contributed by atoms with E-state index in [0.717, 1.165) is 24.5 Å². The van der Waals surface area contributed by atoms with Crippen LogP contribution in [0.1, 0.15) is 51.5 Å². The van der Waals surface area contributed by atoms with Crippen LogP contribution in [0.15, 0.2) is 30.3 Å². The highest BCUT2D eigenvalue weighted by Crippen LogP contribution is 2.51. The van der Waals surface area contributed by atoms with Gasteiger partial charge in [0.25, 0.3) is 0 Å². The Kier molecular flexibility index (Phi) is 4.16. The van der Waals surface area contributed by atoms with Crippen molar-refractivity contribution in [1.29, 1.82) is 0 Å². The summed E-state index contributed by atoms with van der Waals surface area (Å²) in [6.45, 7) is 4.93. The molecule has 2 aliphatic carbocycles. The van der Waals surface area contributed by atoms with Crippen LogP contribution in [-0.2, 0) is 14.9 Å². The molecule has 1 amide bonds. The van der Waals surface area contributed by atoms with Crippen LogP contribution in [0.4, 0.5) is 0 Å². The molecule has 4 rings (SSSR count). The fourth-order valence-corrected chi connectivity index (χ4v) is 5.18. The molecule has 0 spiro atoms. The van der Waals surface area contributed by atoms with E-state index in [2.05, 4.69) is 17.4 Å². The lowest BCUT2D eigenvalue weighted by atomic mass is 9.61. The van der Waals surface area contributed by atoms with Crippen molar-refractivity contribution in [3.05, 3.63) is 35.9 Å². The third-order valence-electron chi connectivity index (χ3n) is 6.74. The molecule has 130 valence electrons. The average Bonchev–Trinajstić information content (AvgIpc) is 3.24. The first-order valence-corrected chi connectivity index (χ1v) is 9.57. The van der Waals surface area contributed by atoms with Crippen LogP contribution in [0, 0.1) is 17.8 Å². The van der Waals surface area contributed by atoms with Crippen molar-refractivity contribution in [1.82, 2.24) is 5.32 Å². The Morgan fingerprint density at radius 3 is 2.54 bits per heavy atom. The molecule has 1 aliphatic heterocycles. The van der Waals surface area contributed by atoms with Crippen molar-refractivity contribution in [3.8, 4) is 0 Å². The molecular weight excluding hydrogens is 298 g/mol. The zero-order valence-corrected chi connectivity index (χ0v) is 14.8. The van der Waals surface area contributed by atoms with Gasteiger partial charge in [-0.15, -0.1) is 0 Å². The predicted octanol–water partition coefficient (Wildman–Crippen LogP) is 3.67. The van der Waals surface area contributed by atoms with Crippen LogP contribution in [0.5, 0.6) is 0 Å². The molecule has 3 aliphatic rings. The molecule has 3 fully saturated rings. The zero-order chi connectivity index (χ0) is 16.7. The third kappa shape index (κ3) is 2.57. The molecular formula is C21H29NO2. The minimum atomic E-state index is -0.494. The summed E-state index contributed by atoms with van der Waals surface area (Å²) in [6.07, 6.45) is 6.81. The summed E-state index contributed by atoms with van der Waals surface area (Å²) in [5, 5.41) is 3.43. The number of amides is 1. The van der Waals surface area contributed by atoms with Gasteiger partial charge in [0.1, 0.15) is 0 Å². The Morgan fingerprint density at radius 1 is 1.12 bits per heavy atom. The zero-order valence-electron chi connectivity index (χ0n) is 14.8. The summed E-state index contributed by atoms with van der Waals surface area (Å²) in [7, 11) is 0. The fraction of sp³-hybridized carbons (Fsp3) is 0.667. The number of ether oxygens (including phenoxy) is 1. The first kappa shape index (κ1) is 16.1. The number of fused-ring (bicyclic) bond motifs is 1. The minimum absolute atomic E-state index is 0.159. The van der Waals surface area contributed by atoms with Crippen LogP contribution in [0.25, 0.3) is 0 Å². The van der Waals surface area contributed by atoms with Crippen molar-refractivity contribution >= 4 is 5.91 Å². The molecule has 2 saturated carbocycles. The second-order valence-corrected chi connectivity index (χ2v) is 8.40. The maximum Gasteiger partial charge on any atom is 0.230 e. The minimum Gasteiger partial charge on any atom is -0.377 e. The van der Waals surface area contributed by atoms with Crippen molar-refractivity contribution in [2.45, 2.75) is 63.5 Å². The second-order valence-electron chi connectivity index (χ2n) is 8.40. The molecule has 1 aromatic carbocycles. The van der Waals surface area contributed by atoms with E-state index in [0.29, 0.717) is 24.0 Å². The Morgan fingerprint density at radius 2 is 1.83 bits per heavy atom.